The highest BCUT2D eigenvalue weighted by atomic mass is 35.5. The Morgan fingerprint density at radius 1 is 1.05 bits per heavy atom. The Labute approximate surface area is 129 Å². The minimum absolute atomic E-state index is 0.746. The molecule has 0 aliphatic carbocycles. The maximum atomic E-state index is 6.40. The Hall–Kier alpha value is -1.75. The molecule has 0 amide bonds. The maximum absolute atomic E-state index is 6.40. The van der Waals surface area contributed by atoms with Crippen molar-refractivity contribution in [1.82, 2.24) is 9.97 Å². The molecule has 1 saturated heterocycles. The minimum Gasteiger partial charge on any atom is -0.370 e. The highest BCUT2D eigenvalue weighted by Gasteiger charge is 2.19. The van der Waals surface area contributed by atoms with Crippen LogP contribution < -0.4 is 15.5 Å². The fourth-order valence-corrected chi connectivity index (χ4v) is 2.72. The number of nitrogens with one attached hydrogen (secondary N) is 2. The average Bonchev–Trinajstić information content (AvgIpc) is 2.40. The Bertz CT molecular complexity index is 654. The van der Waals surface area contributed by atoms with E-state index in [0.717, 1.165) is 59.6 Å². The van der Waals surface area contributed by atoms with Crippen LogP contribution in [0.2, 0.25) is 5.02 Å². The smallest absolute Gasteiger partial charge is 0.169 e. The van der Waals surface area contributed by atoms with Crippen molar-refractivity contribution in [3.05, 3.63) is 17.2 Å². The summed E-state index contributed by atoms with van der Waals surface area (Å²) in [5.74, 6) is 1.57. The predicted molar refractivity (Wildman–Crippen MR) is 89.7 cm³/mol. The molecule has 2 aromatic rings. The highest BCUT2D eigenvalue weighted by molar-refractivity contribution is 6.34. The van der Waals surface area contributed by atoms with Crippen LogP contribution >= 0.6 is 11.6 Å². The van der Waals surface area contributed by atoms with E-state index in [1.807, 2.05) is 19.1 Å². The van der Waals surface area contributed by atoms with Crippen LogP contribution in [-0.4, -0.2) is 36.1 Å². The van der Waals surface area contributed by atoms with E-state index in [1.54, 1.807) is 0 Å². The summed E-state index contributed by atoms with van der Waals surface area (Å²) < 4.78 is 0. The number of anilines is 3. The first kappa shape index (κ1) is 14.2. The molecule has 2 heterocycles. The zero-order chi connectivity index (χ0) is 14.8. The van der Waals surface area contributed by atoms with Gasteiger partial charge in [-0.05, 0) is 32.4 Å². The third-order valence-corrected chi connectivity index (χ3v) is 3.92. The molecule has 1 aromatic carbocycles. The van der Waals surface area contributed by atoms with Gasteiger partial charge in [0.15, 0.2) is 11.6 Å². The highest BCUT2D eigenvalue weighted by Crippen LogP contribution is 2.33. The molecule has 1 aliphatic heterocycles. The Morgan fingerprint density at radius 3 is 2.10 bits per heavy atom. The van der Waals surface area contributed by atoms with Crippen molar-refractivity contribution in [1.29, 1.82) is 0 Å². The van der Waals surface area contributed by atoms with Crippen LogP contribution in [0.4, 0.5) is 17.3 Å². The largest absolute Gasteiger partial charge is 0.370 e. The van der Waals surface area contributed by atoms with Gasteiger partial charge in [-0.1, -0.05) is 11.6 Å². The van der Waals surface area contributed by atoms with E-state index in [4.69, 9.17) is 16.6 Å². The van der Waals surface area contributed by atoms with Crippen molar-refractivity contribution in [2.45, 2.75) is 20.3 Å². The van der Waals surface area contributed by atoms with E-state index in [9.17, 15) is 0 Å². The molecule has 2 N–H and O–H groups in total. The number of fused-ring (bicyclic) bond motifs is 1. The molecule has 1 aromatic heterocycles. The van der Waals surface area contributed by atoms with Crippen molar-refractivity contribution in [2.75, 3.05) is 41.7 Å². The van der Waals surface area contributed by atoms with Gasteiger partial charge in [-0.2, -0.15) is 0 Å². The SMILES string of the molecule is CCNc1nc2cc(Cl)c(N3CCC3)cc2nc1NCC. The van der Waals surface area contributed by atoms with Crippen molar-refractivity contribution < 1.29 is 0 Å². The molecule has 0 bridgehead atoms. The number of benzene rings is 1. The van der Waals surface area contributed by atoms with Crippen LogP contribution in [-0.2, 0) is 0 Å². The first-order valence-corrected chi connectivity index (χ1v) is 7.84. The number of hydrogen-bond donors (Lipinski definition) is 2. The van der Waals surface area contributed by atoms with Gasteiger partial charge in [0.05, 0.1) is 21.7 Å². The summed E-state index contributed by atoms with van der Waals surface area (Å²) >= 11 is 6.40. The van der Waals surface area contributed by atoms with Crippen molar-refractivity contribution in [2.24, 2.45) is 0 Å². The summed E-state index contributed by atoms with van der Waals surface area (Å²) in [5, 5.41) is 7.25. The first-order chi connectivity index (χ1) is 10.2. The number of halogens is 1. The summed E-state index contributed by atoms with van der Waals surface area (Å²) in [6.45, 7) is 7.84. The molecular formula is C15H20ClN5. The molecule has 1 aliphatic rings. The molecule has 3 rings (SSSR count). The second kappa shape index (κ2) is 5.93. The number of aromatic nitrogens is 2. The molecule has 0 saturated carbocycles. The fraction of sp³-hybridized carbons (Fsp3) is 0.467. The van der Waals surface area contributed by atoms with Gasteiger partial charge in [0.1, 0.15) is 0 Å². The third kappa shape index (κ3) is 2.70. The quantitative estimate of drug-likeness (QED) is 0.887. The summed E-state index contributed by atoms with van der Waals surface area (Å²) in [7, 11) is 0. The molecule has 0 radical (unpaired) electrons. The minimum atomic E-state index is 0.746. The van der Waals surface area contributed by atoms with Crippen LogP contribution in [0.15, 0.2) is 12.1 Å². The standard InChI is InChI=1S/C15H20ClN5/c1-3-17-14-15(18-4-2)20-12-9-13(21-6-5-7-21)10(16)8-11(12)19-14/h8-9H,3-7H2,1-2H3,(H,17,19)(H,18,20). The molecule has 21 heavy (non-hydrogen) atoms. The first-order valence-electron chi connectivity index (χ1n) is 7.47. The van der Waals surface area contributed by atoms with Gasteiger partial charge in [0, 0.05) is 26.2 Å². The average molecular weight is 306 g/mol. The fourth-order valence-electron chi connectivity index (χ4n) is 2.45. The number of hydrogen-bond acceptors (Lipinski definition) is 5. The molecule has 0 unspecified atom stereocenters. The lowest BCUT2D eigenvalue weighted by atomic mass is 10.1. The van der Waals surface area contributed by atoms with E-state index in [2.05, 4.69) is 27.4 Å². The third-order valence-electron chi connectivity index (χ3n) is 3.62. The van der Waals surface area contributed by atoms with Crippen LogP contribution in [0, 0.1) is 0 Å². The summed E-state index contributed by atoms with van der Waals surface area (Å²) in [6.07, 6.45) is 1.22. The lowest BCUT2D eigenvalue weighted by Gasteiger charge is -2.33. The topological polar surface area (TPSA) is 53.1 Å². The molecular weight excluding hydrogens is 286 g/mol. The van der Waals surface area contributed by atoms with Gasteiger partial charge in [0.2, 0.25) is 0 Å². The van der Waals surface area contributed by atoms with E-state index >= 15 is 0 Å². The molecule has 112 valence electrons. The monoisotopic (exact) mass is 305 g/mol. The second-order valence-electron chi connectivity index (χ2n) is 5.11. The Kier molecular flexibility index (Phi) is 4.01. The second-order valence-corrected chi connectivity index (χ2v) is 5.52. The molecule has 5 nitrogen and oxygen atoms in total. The molecule has 0 spiro atoms. The van der Waals surface area contributed by atoms with E-state index in [0.29, 0.717) is 0 Å². The van der Waals surface area contributed by atoms with Crippen molar-refractivity contribution >= 4 is 40.0 Å². The summed E-state index contributed by atoms with van der Waals surface area (Å²) in [6, 6.07) is 3.95. The van der Waals surface area contributed by atoms with Gasteiger partial charge in [0.25, 0.3) is 0 Å². The lowest BCUT2D eigenvalue weighted by molar-refractivity contribution is 0.618. The van der Waals surface area contributed by atoms with Gasteiger partial charge in [-0.25, -0.2) is 9.97 Å². The van der Waals surface area contributed by atoms with E-state index in [1.165, 1.54) is 6.42 Å². The van der Waals surface area contributed by atoms with Crippen LogP contribution in [0.1, 0.15) is 20.3 Å². The Morgan fingerprint density at radius 2 is 1.62 bits per heavy atom. The van der Waals surface area contributed by atoms with Gasteiger partial charge < -0.3 is 15.5 Å². The van der Waals surface area contributed by atoms with E-state index < -0.39 is 0 Å². The predicted octanol–water partition coefficient (Wildman–Crippen LogP) is 3.36. The normalized spacial score (nSPS) is 14.1. The molecule has 1 fully saturated rings. The zero-order valence-electron chi connectivity index (χ0n) is 12.4. The van der Waals surface area contributed by atoms with Crippen LogP contribution in [0.3, 0.4) is 0 Å². The van der Waals surface area contributed by atoms with Crippen LogP contribution in [0.5, 0.6) is 0 Å². The Balaban J connectivity index is 2.09. The summed E-state index contributed by atoms with van der Waals surface area (Å²) in [5.41, 5.74) is 2.75. The van der Waals surface area contributed by atoms with Crippen LogP contribution in [0.25, 0.3) is 11.0 Å². The summed E-state index contributed by atoms with van der Waals surface area (Å²) in [4.78, 5) is 11.6. The molecule has 6 heteroatoms. The van der Waals surface area contributed by atoms with Gasteiger partial charge in [-0.15, -0.1) is 0 Å². The molecule has 0 atom stereocenters. The van der Waals surface area contributed by atoms with Crippen molar-refractivity contribution in [3.63, 3.8) is 0 Å². The maximum Gasteiger partial charge on any atom is 0.169 e. The number of rotatable bonds is 5. The van der Waals surface area contributed by atoms with Gasteiger partial charge in [-0.3, -0.25) is 0 Å². The lowest BCUT2D eigenvalue weighted by Crippen LogP contribution is -2.37. The van der Waals surface area contributed by atoms with Gasteiger partial charge >= 0.3 is 0 Å². The zero-order valence-corrected chi connectivity index (χ0v) is 13.2. The number of nitrogens with zero attached hydrogens (tertiary/aromatic N) is 3. The van der Waals surface area contributed by atoms with E-state index in [-0.39, 0.29) is 0 Å². The van der Waals surface area contributed by atoms with Crippen molar-refractivity contribution in [3.8, 4) is 0 Å².